The minimum Gasteiger partial charge on any atom is -0.383 e. The van der Waals surface area contributed by atoms with Gasteiger partial charge in [0.25, 0.3) is 0 Å². The third-order valence-corrected chi connectivity index (χ3v) is 2.24. The largest absolute Gasteiger partial charge is 0.383 e. The lowest BCUT2D eigenvalue weighted by Crippen LogP contribution is -2.14. The molecule has 1 N–H and O–H groups in total. The molecule has 0 heterocycles. The maximum absolute atomic E-state index is 11.1. The SMILES string of the molecule is CC(=O)/C(C#N)=C(/C)NCc1ccccc1. The Kier molecular flexibility index (Phi) is 4.28. The Bertz CT molecular complexity index is 441. The van der Waals surface area contributed by atoms with E-state index in [9.17, 15) is 4.79 Å². The van der Waals surface area contributed by atoms with E-state index in [0.29, 0.717) is 12.2 Å². The first-order valence-corrected chi connectivity index (χ1v) is 5.05. The third-order valence-electron chi connectivity index (χ3n) is 2.24. The summed E-state index contributed by atoms with van der Waals surface area (Å²) < 4.78 is 0. The van der Waals surface area contributed by atoms with Crippen molar-refractivity contribution in [2.75, 3.05) is 0 Å². The lowest BCUT2D eigenvalue weighted by atomic mass is 10.1. The number of benzene rings is 1. The van der Waals surface area contributed by atoms with Crippen LogP contribution in [0, 0.1) is 11.3 Å². The highest BCUT2D eigenvalue weighted by Crippen LogP contribution is 2.04. The summed E-state index contributed by atoms with van der Waals surface area (Å²) in [7, 11) is 0. The Labute approximate surface area is 95.4 Å². The van der Waals surface area contributed by atoms with Gasteiger partial charge >= 0.3 is 0 Å². The van der Waals surface area contributed by atoms with E-state index in [4.69, 9.17) is 5.26 Å². The molecule has 0 saturated carbocycles. The van der Waals surface area contributed by atoms with E-state index in [1.54, 1.807) is 6.92 Å². The molecule has 0 fully saturated rings. The minimum absolute atomic E-state index is 0.191. The number of carbonyl (C=O) groups excluding carboxylic acids is 1. The molecule has 16 heavy (non-hydrogen) atoms. The zero-order valence-corrected chi connectivity index (χ0v) is 9.45. The molecule has 0 spiro atoms. The molecule has 0 bridgehead atoms. The van der Waals surface area contributed by atoms with Crippen LogP contribution >= 0.6 is 0 Å². The molecule has 0 atom stereocenters. The molecule has 0 radical (unpaired) electrons. The van der Waals surface area contributed by atoms with E-state index in [2.05, 4.69) is 5.32 Å². The van der Waals surface area contributed by atoms with Crippen molar-refractivity contribution in [3.8, 4) is 6.07 Å². The van der Waals surface area contributed by atoms with E-state index in [1.807, 2.05) is 36.4 Å². The first-order valence-electron chi connectivity index (χ1n) is 5.05. The normalized spacial score (nSPS) is 11.3. The third kappa shape index (κ3) is 3.25. The second-order valence-corrected chi connectivity index (χ2v) is 3.51. The Hall–Kier alpha value is -2.08. The van der Waals surface area contributed by atoms with E-state index in [1.165, 1.54) is 6.92 Å². The molecule has 1 aromatic carbocycles. The average molecular weight is 214 g/mol. The van der Waals surface area contributed by atoms with Gasteiger partial charge in [-0.1, -0.05) is 30.3 Å². The van der Waals surface area contributed by atoms with Gasteiger partial charge in [-0.15, -0.1) is 0 Å². The average Bonchev–Trinajstić information content (AvgIpc) is 2.28. The molecule has 3 nitrogen and oxygen atoms in total. The molecule has 0 aliphatic carbocycles. The number of hydrogen-bond donors (Lipinski definition) is 1. The number of allylic oxidation sites excluding steroid dienone is 2. The summed E-state index contributed by atoms with van der Waals surface area (Å²) in [6.45, 7) is 3.75. The van der Waals surface area contributed by atoms with Crippen LogP contribution in [0.2, 0.25) is 0 Å². The highest BCUT2D eigenvalue weighted by atomic mass is 16.1. The van der Waals surface area contributed by atoms with E-state index < -0.39 is 0 Å². The van der Waals surface area contributed by atoms with Gasteiger partial charge in [0, 0.05) is 12.2 Å². The number of hydrogen-bond acceptors (Lipinski definition) is 3. The Morgan fingerprint density at radius 2 is 1.94 bits per heavy atom. The van der Waals surface area contributed by atoms with Crippen molar-refractivity contribution in [2.45, 2.75) is 20.4 Å². The van der Waals surface area contributed by atoms with Crippen molar-refractivity contribution in [1.29, 1.82) is 5.26 Å². The van der Waals surface area contributed by atoms with Crippen molar-refractivity contribution in [3.63, 3.8) is 0 Å². The van der Waals surface area contributed by atoms with Crippen molar-refractivity contribution in [3.05, 3.63) is 47.2 Å². The zero-order chi connectivity index (χ0) is 12.0. The van der Waals surface area contributed by atoms with Crippen molar-refractivity contribution >= 4 is 5.78 Å². The smallest absolute Gasteiger partial charge is 0.172 e. The summed E-state index contributed by atoms with van der Waals surface area (Å²) in [6.07, 6.45) is 0. The van der Waals surface area contributed by atoms with E-state index in [0.717, 1.165) is 5.56 Å². The van der Waals surface area contributed by atoms with Crippen LogP contribution in [0.25, 0.3) is 0 Å². The molecule has 0 aliphatic rings. The minimum atomic E-state index is -0.208. The van der Waals surface area contributed by atoms with Crippen molar-refractivity contribution < 1.29 is 4.79 Å². The van der Waals surface area contributed by atoms with Gasteiger partial charge in [-0.05, 0) is 19.4 Å². The van der Waals surface area contributed by atoms with Crippen LogP contribution in [0.15, 0.2) is 41.6 Å². The fourth-order valence-electron chi connectivity index (χ4n) is 1.35. The van der Waals surface area contributed by atoms with Crippen LogP contribution < -0.4 is 5.32 Å². The Balaban J connectivity index is 2.69. The monoisotopic (exact) mass is 214 g/mol. The van der Waals surface area contributed by atoms with Gasteiger partial charge in [-0.2, -0.15) is 5.26 Å². The topological polar surface area (TPSA) is 52.9 Å². The molecule has 0 aromatic heterocycles. The van der Waals surface area contributed by atoms with E-state index >= 15 is 0 Å². The number of nitriles is 1. The molecule has 0 saturated heterocycles. The summed E-state index contributed by atoms with van der Waals surface area (Å²) >= 11 is 0. The van der Waals surface area contributed by atoms with Gasteiger partial charge in [0.1, 0.15) is 11.6 Å². The molecule has 3 heteroatoms. The second kappa shape index (κ2) is 5.72. The fraction of sp³-hybridized carbons (Fsp3) is 0.231. The van der Waals surface area contributed by atoms with Gasteiger partial charge in [0.15, 0.2) is 5.78 Å². The molecular weight excluding hydrogens is 200 g/mol. The van der Waals surface area contributed by atoms with Crippen LogP contribution in [0.5, 0.6) is 0 Å². The van der Waals surface area contributed by atoms with Crippen LogP contribution in [-0.4, -0.2) is 5.78 Å². The summed E-state index contributed by atoms with van der Waals surface area (Å²) in [5, 5.41) is 11.9. The number of nitrogens with one attached hydrogen (secondary N) is 1. The number of rotatable bonds is 4. The molecule has 0 unspecified atom stereocenters. The Morgan fingerprint density at radius 1 is 1.31 bits per heavy atom. The van der Waals surface area contributed by atoms with E-state index in [-0.39, 0.29) is 11.4 Å². The number of carbonyl (C=O) groups is 1. The maximum Gasteiger partial charge on any atom is 0.172 e. The molecule has 82 valence electrons. The van der Waals surface area contributed by atoms with Crippen LogP contribution in [0.4, 0.5) is 0 Å². The first kappa shape index (κ1) is 12.0. The molecular formula is C13H14N2O. The van der Waals surface area contributed by atoms with Gasteiger partial charge in [0.05, 0.1) is 0 Å². The summed E-state index contributed by atoms with van der Waals surface area (Å²) in [4.78, 5) is 11.1. The van der Waals surface area contributed by atoms with Gasteiger partial charge in [-0.25, -0.2) is 0 Å². The number of Topliss-reactive ketones (excluding diaryl/α,β-unsaturated/α-hetero) is 1. The highest BCUT2D eigenvalue weighted by molar-refractivity contribution is 5.97. The van der Waals surface area contributed by atoms with Crippen molar-refractivity contribution in [1.82, 2.24) is 5.32 Å². The van der Waals surface area contributed by atoms with Gasteiger partial charge < -0.3 is 5.32 Å². The summed E-state index contributed by atoms with van der Waals surface area (Å²) in [5.41, 5.74) is 1.93. The number of ketones is 1. The predicted octanol–water partition coefficient (Wildman–Crippen LogP) is 2.16. The lowest BCUT2D eigenvalue weighted by Gasteiger charge is -2.07. The lowest BCUT2D eigenvalue weighted by molar-refractivity contribution is -0.113. The molecule has 0 amide bonds. The van der Waals surface area contributed by atoms with Gasteiger partial charge in [-0.3, -0.25) is 4.79 Å². The van der Waals surface area contributed by atoms with Crippen LogP contribution in [-0.2, 0) is 11.3 Å². The van der Waals surface area contributed by atoms with Crippen LogP contribution in [0.3, 0.4) is 0 Å². The standard InChI is InChI=1S/C13H14N2O/c1-10(13(8-14)11(2)16)15-9-12-6-4-3-5-7-12/h3-7,15H,9H2,1-2H3/b13-10-. The first-order chi connectivity index (χ1) is 7.65. The Morgan fingerprint density at radius 3 is 2.44 bits per heavy atom. The molecule has 0 aliphatic heterocycles. The predicted molar refractivity (Wildman–Crippen MR) is 62.3 cm³/mol. The summed E-state index contributed by atoms with van der Waals surface area (Å²) in [6, 6.07) is 11.7. The number of nitrogens with zero attached hydrogens (tertiary/aromatic N) is 1. The fourth-order valence-corrected chi connectivity index (χ4v) is 1.35. The summed E-state index contributed by atoms with van der Waals surface area (Å²) in [5.74, 6) is -0.208. The maximum atomic E-state index is 11.1. The zero-order valence-electron chi connectivity index (χ0n) is 9.45. The van der Waals surface area contributed by atoms with Gasteiger partial charge in [0.2, 0.25) is 0 Å². The quantitative estimate of drug-likeness (QED) is 0.617. The highest BCUT2D eigenvalue weighted by Gasteiger charge is 2.06. The second-order valence-electron chi connectivity index (χ2n) is 3.51. The molecule has 1 rings (SSSR count). The van der Waals surface area contributed by atoms with Crippen molar-refractivity contribution in [2.24, 2.45) is 0 Å². The van der Waals surface area contributed by atoms with Crippen LogP contribution in [0.1, 0.15) is 19.4 Å². The molecule has 1 aromatic rings.